The summed E-state index contributed by atoms with van der Waals surface area (Å²) in [5.41, 5.74) is 5.23. The molecule has 0 aliphatic rings. The van der Waals surface area contributed by atoms with Gasteiger partial charge in [0.1, 0.15) is 18.6 Å². The molecule has 0 heterocycles. The van der Waals surface area contributed by atoms with Gasteiger partial charge in [-0.05, 0) is 44.9 Å². The maximum absolute atomic E-state index is 11.5. The van der Waals surface area contributed by atoms with Gasteiger partial charge in [-0.15, -0.1) is 0 Å². The van der Waals surface area contributed by atoms with Crippen LogP contribution in [-0.4, -0.2) is 80.6 Å². The second-order valence-electron chi connectivity index (χ2n) is 9.52. The van der Waals surface area contributed by atoms with Crippen molar-refractivity contribution in [1.29, 1.82) is 0 Å². The third-order valence-corrected chi connectivity index (χ3v) is 5.97. The van der Waals surface area contributed by atoms with Crippen molar-refractivity contribution in [2.45, 2.75) is 95.7 Å². The van der Waals surface area contributed by atoms with Crippen molar-refractivity contribution < 1.29 is 44.4 Å². The van der Waals surface area contributed by atoms with Gasteiger partial charge in [-0.1, -0.05) is 68.4 Å². The Bertz CT molecular complexity index is 936. The lowest BCUT2D eigenvalue weighted by atomic mass is 10.1. The SMILES string of the molecule is CCCCC/C=C\C\C=C/C=C/C=C/CC(O)CCCC(=O)O.NC(CCC(=O)NC(CS)C(=O)NCC(=O)O)C(=O)O. The molecule has 0 aromatic rings. The first kappa shape index (κ1) is 41.7. The van der Waals surface area contributed by atoms with E-state index < -0.39 is 54.5 Å². The molecule has 43 heavy (non-hydrogen) atoms. The molecule has 2 amide bonds. The molecule has 0 aliphatic carbocycles. The van der Waals surface area contributed by atoms with E-state index in [0.29, 0.717) is 19.3 Å². The number of carboxylic acids is 3. The normalized spacial score (nSPS) is 13.5. The first-order valence-electron chi connectivity index (χ1n) is 14.4. The van der Waals surface area contributed by atoms with E-state index in [1.807, 2.05) is 30.4 Å². The molecule has 244 valence electrons. The van der Waals surface area contributed by atoms with Crippen molar-refractivity contribution in [2.24, 2.45) is 5.73 Å². The molecule has 12 nitrogen and oxygen atoms in total. The number of aliphatic hydroxyl groups is 1. The summed E-state index contributed by atoms with van der Waals surface area (Å²) in [5.74, 6) is -4.51. The molecule has 8 N–H and O–H groups in total. The van der Waals surface area contributed by atoms with Crippen LogP contribution in [0.4, 0.5) is 0 Å². The van der Waals surface area contributed by atoms with Gasteiger partial charge in [0.25, 0.3) is 0 Å². The molecule has 3 atom stereocenters. The number of hydrogen-bond donors (Lipinski definition) is 8. The predicted octanol–water partition coefficient (Wildman–Crippen LogP) is 2.98. The summed E-state index contributed by atoms with van der Waals surface area (Å²) in [6.45, 7) is 1.65. The summed E-state index contributed by atoms with van der Waals surface area (Å²) in [5, 5.41) is 39.5. The Balaban J connectivity index is 0. The van der Waals surface area contributed by atoms with Crippen LogP contribution in [0.2, 0.25) is 0 Å². The third-order valence-electron chi connectivity index (χ3n) is 5.60. The van der Waals surface area contributed by atoms with E-state index in [0.717, 1.165) is 6.42 Å². The van der Waals surface area contributed by atoms with Crippen LogP contribution in [0, 0.1) is 0 Å². The zero-order chi connectivity index (χ0) is 32.9. The van der Waals surface area contributed by atoms with Gasteiger partial charge in [0.2, 0.25) is 11.8 Å². The zero-order valence-electron chi connectivity index (χ0n) is 24.9. The monoisotopic (exact) mass is 627 g/mol. The average molecular weight is 628 g/mol. The van der Waals surface area contributed by atoms with Gasteiger partial charge in [-0.3, -0.25) is 24.0 Å². The van der Waals surface area contributed by atoms with E-state index in [1.54, 1.807) is 0 Å². The van der Waals surface area contributed by atoms with Gasteiger partial charge < -0.3 is 36.8 Å². The average Bonchev–Trinajstić information content (AvgIpc) is 2.95. The molecule has 0 bridgehead atoms. The number of amides is 2. The fraction of sp³-hybridized carbons (Fsp3) is 0.567. The van der Waals surface area contributed by atoms with Crippen LogP contribution in [-0.2, 0) is 24.0 Å². The Kier molecular flexibility index (Phi) is 27.8. The second-order valence-corrected chi connectivity index (χ2v) is 9.88. The largest absolute Gasteiger partial charge is 0.481 e. The summed E-state index contributed by atoms with van der Waals surface area (Å²) >= 11 is 3.87. The summed E-state index contributed by atoms with van der Waals surface area (Å²) in [4.78, 5) is 54.1. The first-order valence-corrected chi connectivity index (χ1v) is 15.0. The second kappa shape index (κ2) is 28.7. The maximum Gasteiger partial charge on any atom is 0.322 e. The highest BCUT2D eigenvalue weighted by atomic mass is 32.1. The number of rotatable bonds is 23. The van der Waals surface area contributed by atoms with E-state index in [1.165, 1.54) is 25.7 Å². The lowest BCUT2D eigenvalue weighted by Gasteiger charge is -2.16. The van der Waals surface area contributed by atoms with Crippen LogP contribution in [0.25, 0.3) is 0 Å². The number of aliphatic carboxylic acids is 3. The number of nitrogens with two attached hydrogens (primary N) is 1. The van der Waals surface area contributed by atoms with Gasteiger partial charge in [-0.2, -0.15) is 12.6 Å². The van der Waals surface area contributed by atoms with Crippen molar-refractivity contribution in [1.82, 2.24) is 10.6 Å². The van der Waals surface area contributed by atoms with E-state index in [-0.39, 0.29) is 25.0 Å². The summed E-state index contributed by atoms with van der Waals surface area (Å²) < 4.78 is 0. The molecule has 0 saturated carbocycles. The zero-order valence-corrected chi connectivity index (χ0v) is 25.8. The van der Waals surface area contributed by atoms with Crippen LogP contribution < -0.4 is 16.4 Å². The minimum absolute atomic E-state index is 0.0256. The van der Waals surface area contributed by atoms with E-state index >= 15 is 0 Å². The van der Waals surface area contributed by atoms with Gasteiger partial charge >= 0.3 is 17.9 Å². The Hall–Kier alpha value is -3.42. The highest BCUT2D eigenvalue weighted by Crippen LogP contribution is 2.05. The van der Waals surface area contributed by atoms with E-state index in [4.69, 9.17) is 21.1 Å². The highest BCUT2D eigenvalue weighted by molar-refractivity contribution is 7.80. The number of nitrogens with one attached hydrogen (secondary N) is 2. The molecule has 3 unspecified atom stereocenters. The molecule has 0 radical (unpaired) electrons. The highest BCUT2D eigenvalue weighted by Gasteiger charge is 2.21. The quantitative estimate of drug-likeness (QED) is 0.0358. The number of carbonyl (C=O) groups excluding carboxylic acids is 2. The molecular formula is C30H49N3O9S. The lowest BCUT2D eigenvalue weighted by Crippen LogP contribution is -2.49. The fourth-order valence-electron chi connectivity index (χ4n) is 3.17. The third kappa shape index (κ3) is 29.9. The van der Waals surface area contributed by atoms with Gasteiger partial charge in [0.15, 0.2) is 0 Å². The van der Waals surface area contributed by atoms with Crippen molar-refractivity contribution in [3.63, 3.8) is 0 Å². The molecule has 0 aromatic heterocycles. The smallest absolute Gasteiger partial charge is 0.322 e. The number of hydrogen-bond acceptors (Lipinski definition) is 8. The van der Waals surface area contributed by atoms with Crippen LogP contribution in [0.5, 0.6) is 0 Å². The van der Waals surface area contributed by atoms with Crippen LogP contribution in [0.3, 0.4) is 0 Å². The van der Waals surface area contributed by atoms with Crippen molar-refractivity contribution in [3.8, 4) is 0 Å². The number of unbranched alkanes of at least 4 members (excludes halogenated alkanes) is 3. The van der Waals surface area contributed by atoms with E-state index in [9.17, 15) is 29.1 Å². The number of thiol groups is 1. The minimum Gasteiger partial charge on any atom is -0.481 e. The molecule has 0 spiro atoms. The van der Waals surface area contributed by atoms with E-state index in [2.05, 4.69) is 48.4 Å². The van der Waals surface area contributed by atoms with Gasteiger partial charge in [-0.25, -0.2) is 0 Å². The lowest BCUT2D eigenvalue weighted by molar-refractivity contribution is -0.139. The number of aliphatic hydroxyl groups excluding tert-OH is 1. The van der Waals surface area contributed by atoms with Crippen molar-refractivity contribution in [2.75, 3.05) is 12.3 Å². The van der Waals surface area contributed by atoms with Crippen LogP contribution in [0.15, 0.2) is 48.6 Å². The summed E-state index contributed by atoms with van der Waals surface area (Å²) in [6, 6.07) is -2.15. The van der Waals surface area contributed by atoms with Crippen LogP contribution in [0.1, 0.15) is 77.6 Å². The fourth-order valence-corrected chi connectivity index (χ4v) is 3.42. The van der Waals surface area contributed by atoms with Crippen molar-refractivity contribution >= 4 is 42.4 Å². The molecule has 0 saturated heterocycles. The molecule has 0 aromatic carbocycles. The molecule has 0 rings (SSSR count). The van der Waals surface area contributed by atoms with Crippen LogP contribution >= 0.6 is 12.6 Å². The standard InChI is InChI=1S/C20H32O3.C10H17N3O6S/c1-2-3-4-5-6-7-8-9-10-11-12-13-14-16-19(21)17-15-18-20(22)23;11-5(10(18)19)1-2-7(14)13-6(4-20)9(17)12-3-8(15)16/h6-7,9-14,19,21H,2-5,8,15-18H2,1H3,(H,22,23);5-6,20H,1-4,11H2,(H,12,17)(H,13,14)(H,15,16)(H,18,19)/b7-6-,10-9-,12-11+,14-13+;. The number of carboxylic acid groups (broad SMARTS) is 3. The molecular weight excluding hydrogens is 578 g/mol. The number of allylic oxidation sites excluding steroid dienone is 7. The topological polar surface area (TPSA) is 216 Å². The predicted molar refractivity (Wildman–Crippen MR) is 169 cm³/mol. The number of carbonyl (C=O) groups is 5. The molecule has 0 aliphatic heterocycles. The molecule has 13 heteroatoms. The minimum atomic E-state index is -1.22. The van der Waals surface area contributed by atoms with Gasteiger partial charge in [0, 0.05) is 18.6 Å². The Morgan fingerprint density at radius 2 is 1.51 bits per heavy atom. The maximum atomic E-state index is 11.5. The van der Waals surface area contributed by atoms with Crippen molar-refractivity contribution in [3.05, 3.63) is 48.6 Å². The Morgan fingerprint density at radius 1 is 0.837 bits per heavy atom. The first-order chi connectivity index (χ1) is 20.4. The summed E-state index contributed by atoms with van der Waals surface area (Å²) in [7, 11) is 0. The molecule has 0 fully saturated rings. The Labute approximate surface area is 259 Å². The van der Waals surface area contributed by atoms with Gasteiger partial charge in [0.05, 0.1) is 6.10 Å². The Morgan fingerprint density at radius 3 is 2.09 bits per heavy atom. The summed E-state index contributed by atoms with van der Waals surface area (Å²) in [6.07, 6.45) is 23.3.